The molecule has 2 aliphatic carbocycles. The SMILES string of the molecule is CC1=C(/C=C/C(C)=C/C=C\C(C)=C\C#C/C=C(C)/C=C/C=C(C)/C=C/C2=C(C)CCCC2(C)C)C(C)(C)CCC1. The Morgan fingerprint density at radius 2 is 0.950 bits per heavy atom. The second-order valence-corrected chi connectivity index (χ2v) is 13.1. The summed E-state index contributed by atoms with van der Waals surface area (Å²) in [6.45, 7) is 22.5. The van der Waals surface area contributed by atoms with Gasteiger partial charge in [-0.3, -0.25) is 0 Å². The van der Waals surface area contributed by atoms with Crippen molar-refractivity contribution in [1.29, 1.82) is 0 Å². The molecule has 0 aromatic carbocycles. The minimum absolute atomic E-state index is 0.284. The predicted molar refractivity (Wildman–Crippen MR) is 180 cm³/mol. The molecule has 0 fully saturated rings. The van der Waals surface area contributed by atoms with E-state index in [1.165, 1.54) is 60.8 Å². The minimum Gasteiger partial charge on any atom is -0.0700 e. The maximum Gasteiger partial charge on any atom is -0.00860 e. The molecule has 0 unspecified atom stereocenters. The number of hydrogen-bond donors (Lipinski definition) is 0. The van der Waals surface area contributed by atoms with Crippen LogP contribution in [0.3, 0.4) is 0 Å². The summed E-state index contributed by atoms with van der Waals surface area (Å²) in [4.78, 5) is 0. The van der Waals surface area contributed by atoms with Crippen molar-refractivity contribution >= 4 is 0 Å². The molecule has 0 radical (unpaired) electrons. The molecule has 0 amide bonds. The van der Waals surface area contributed by atoms with Crippen LogP contribution >= 0.6 is 0 Å². The predicted octanol–water partition coefficient (Wildman–Crippen LogP) is 12.1. The van der Waals surface area contributed by atoms with Crippen LogP contribution in [0.4, 0.5) is 0 Å². The summed E-state index contributed by atoms with van der Waals surface area (Å²) in [6, 6.07) is 0. The maximum atomic E-state index is 3.16. The molecule has 2 rings (SSSR count). The van der Waals surface area contributed by atoms with Gasteiger partial charge in [-0.1, -0.05) is 123 Å². The molecule has 0 N–H and O–H groups in total. The van der Waals surface area contributed by atoms with Gasteiger partial charge in [-0.05, 0) is 125 Å². The van der Waals surface area contributed by atoms with Crippen molar-refractivity contribution in [3.8, 4) is 11.8 Å². The van der Waals surface area contributed by atoms with E-state index >= 15 is 0 Å². The van der Waals surface area contributed by atoms with Crippen molar-refractivity contribution in [3.05, 3.63) is 117 Å². The Labute approximate surface area is 247 Å². The van der Waals surface area contributed by atoms with E-state index in [0.29, 0.717) is 0 Å². The van der Waals surface area contributed by atoms with Crippen molar-refractivity contribution in [3.63, 3.8) is 0 Å². The second-order valence-electron chi connectivity index (χ2n) is 13.1. The molecule has 214 valence electrons. The Kier molecular flexibility index (Phi) is 13.0. The van der Waals surface area contributed by atoms with Crippen molar-refractivity contribution in [2.45, 2.75) is 108 Å². The molecule has 0 aliphatic heterocycles. The fraction of sp³-hybridized carbons (Fsp3) is 0.450. The summed E-state index contributed by atoms with van der Waals surface area (Å²) in [5.74, 6) is 6.32. The molecule has 0 atom stereocenters. The third-order valence-corrected chi connectivity index (χ3v) is 8.23. The van der Waals surface area contributed by atoms with Crippen LogP contribution in [0.5, 0.6) is 0 Å². The van der Waals surface area contributed by atoms with E-state index in [9.17, 15) is 0 Å². The zero-order valence-electron chi connectivity index (χ0n) is 27.2. The second kappa shape index (κ2) is 15.7. The molecular weight excluding hydrogens is 480 g/mol. The molecule has 2 aliphatic rings. The first-order valence-electron chi connectivity index (χ1n) is 15.1. The van der Waals surface area contributed by atoms with Crippen LogP contribution in [0, 0.1) is 22.7 Å². The molecule has 0 spiro atoms. The average molecular weight is 535 g/mol. The molecule has 0 saturated carbocycles. The summed E-state index contributed by atoms with van der Waals surface area (Å²) >= 11 is 0. The first-order chi connectivity index (χ1) is 18.8. The third kappa shape index (κ3) is 11.2. The van der Waals surface area contributed by atoms with Gasteiger partial charge in [0.1, 0.15) is 0 Å². The van der Waals surface area contributed by atoms with Crippen molar-refractivity contribution in [1.82, 2.24) is 0 Å². The maximum absolute atomic E-state index is 3.16. The number of rotatable bonds is 8. The van der Waals surface area contributed by atoms with Gasteiger partial charge < -0.3 is 0 Å². The van der Waals surface area contributed by atoms with Gasteiger partial charge in [-0.2, -0.15) is 0 Å². The quantitative estimate of drug-likeness (QED) is 0.214. The van der Waals surface area contributed by atoms with Crippen LogP contribution in [0.1, 0.15) is 108 Å². The van der Waals surface area contributed by atoms with Gasteiger partial charge in [0, 0.05) is 0 Å². The van der Waals surface area contributed by atoms with Gasteiger partial charge in [-0.25, -0.2) is 0 Å². The lowest BCUT2D eigenvalue weighted by molar-refractivity contribution is 0.376. The van der Waals surface area contributed by atoms with E-state index in [0.717, 1.165) is 11.1 Å². The summed E-state index contributed by atoms with van der Waals surface area (Å²) in [5, 5.41) is 0. The van der Waals surface area contributed by atoms with Crippen molar-refractivity contribution < 1.29 is 0 Å². The number of hydrogen-bond acceptors (Lipinski definition) is 0. The highest BCUT2D eigenvalue weighted by atomic mass is 14.3. The summed E-state index contributed by atoms with van der Waals surface area (Å²) in [5.41, 5.74) is 11.5. The summed E-state index contributed by atoms with van der Waals surface area (Å²) in [6.07, 6.45) is 33.5. The van der Waals surface area contributed by atoms with E-state index in [4.69, 9.17) is 0 Å². The van der Waals surface area contributed by atoms with Gasteiger partial charge in [0.2, 0.25) is 0 Å². The number of allylic oxidation sites excluding steroid dienone is 20. The third-order valence-electron chi connectivity index (χ3n) is 8.23. The lowest BCUT2D eigenvalue weighted by atomic mass is 9.72. The van der Waals surface area contributed by atoms with E-state index in [1.54, 1.807) is 11.1 Å². The van der Waals surface area contributed by atoms with Gasteiger partial charge in [-0.15, -0.1) is 0 Å². The Bertz CT molecular complexity index is 1170. The molecule has 40 heavy (non-hydrogen) atoms. The van der Waals surface area contributed by atoms with E-state index < -0.39 is 0 Å². The lowest BCUT2D eigenvalue weighted by Gasteiger charge is -2.33. The molecule has 0 aromatic rings. The smallest absolute Gasteiger partial charge is 0.00860 e. The average Bonchev–Trinajstić information content (AvgIpc) is 2.85. The summed E-state index contributed by atoms with van der Waals surface area (Å²) in [7, 11) is 0. The Morgan fingerprint density at radius 1 is 0.575 bits per heavy atom. The van der Waals surface area contributed by atoms with E-state index in [1.807, 2.05) is 12.2 Å². The Balaban J connectivity index is 1.91. The molecule has 0 nitrogen and oxygen atoms in total. The van der Waals surface area contributed by atoms with Crippen LogP contribution in [-0.4, -0.2) is 0 Å². The van der Waals surface area contributed by atoms with Crippen molar-refractivity contribution in [2.24, 2.45) is 10.8 Å². The van der Waals surface area contributed by atoms with Gasteiger partial charge in [0.25, 0.3) is 0 Å². The van der Waals surface area contributed by atoms with Gasteiger partial charge >= 0.3 is 0 Å². The van der Waals surface area contributed by atoms with E-state index in [-0.39, 0.29) is 10.8 Å². The topological polar surface area (TPSA) is 0 Å². The molecule has 0 heterocycles. The van der Waals surface area contributed by atoms with Gasteiger partial charge in [0.15, 0.2) is 0 Å². The van der Waals surface area contributed by atoms with Crippen LogP contribution in [0.25, 0.3) is 0 Å². The Hall–Kier alpha value is -3.04. The lowest BCUT2D eigenvalue weighted by Crippen LogP contribution is -2.19. The Morgan fingerprint density at radius 3 is 1.30 bits per heavy atom. The molecule has 0 heteroatoms. The van der Waals surface area contributed by atoms with Crippen LogP contribution < -0.4 is 0 Å². The highest BCUT2D eigenvalue weighted by Crippen LogP contribution is 2.41. The zero-order valence-corrected chi connectivity index (χ0v) is 27.2. The normalized spacial score (nSPS) is 21.4. The minimum atomic E-state index is 0.284. The zero-order chi connectivity index (χ0) is 29.8. The standard InChI is InChI=1S/C40H54/c1-31(19-13-21-33(3)25-27-37-35(5)23-15-29-39(37,7)8)17-11-12-18-32(2)20-14-22-34(4)26-28-38-36(6)24-16-30-40(38,9)10/h13-14,17-22,25-28H,15-16,23-24,29-30H2,1-10H3/b19-13-,20-14+,27-25+,28-26+,31-17+,32-18+,33-21+,34-22+. The molecular formula is C40H54. The fourth-order valence-electron chi connectivity index (χ4n) is 5.67. The monoisotopic (exact) mass is 534 g/mol. The molecule has 0 saturated heterocycles. The summed E-state index contributed by atoms with van der Waals surface area (Å²) < 4.78 is 0. The van der Waals surface area contributed by atoms with Crippen LogP contribution in [0.2, 0.25) is 0 Å². The molecule has 0 aromatic heterocycles. The first-order valence-corrected chi connectivity index (χ1v) is 15.1. The highest BCUT2D eigenvalue weighted by Gasteiger charge is 2.27. The highest BCUT2D eigenvalue weighted by molar-refractivity contribution is 5.39. The van der Waals surface area contributed by atoms with E-state index in [2.05, 4.69) is 142 Å². The van der Waals surface area contributed by atoms with Gasteiger partial charge in [0.05, 0.1) is 0 Å². The first kappa shape index (κ1) is 33.2. The van der Waals surface area contributed by atoms with Crippen molar-refractivity contribution in [2.75, 3.05) is 0 Å². The largest absolute Gasteiger partial charge is 0.0700 e. The van der Waals surface area contributed by atoms with Crippen LogP contribution in [-0.2, 0) is 0 Å². The fourth-order valence-corrected chi connectivity index (χ4v) is 5.67. The van der Waals surface area contributed by atoms with Crippen LogP contribution in [0.15, 0.2) is 117 Å². The molecule has 0 bridgehead atoms.